The maximum absolute atomic E-state index is 11.0. The minimum Gasteiger partial charge on any atom is -0.361 e. The van der Waals surface area contributed by atoms with E-state index >= 15 is 0 Å². The van der Waals surface area contributed by atoms with Gasteiger partial charge < -0.3 is 10.3 Å². The molecular formula is C16H20N2O3S. The van der Waals surface area contributed by atoms with Crippen molar-refractivity contribution < 1.29 is 13.0 Å². The van der Waals surface area contributed by atoms with Crippen LogP contribution < -0.4 is 5.32 Å². The van der Waals surface area contributed by atoms with Crippen molar-refractivity contribution in [1.29, 1.82) is 0 Å². The van der Waals surface area contributed by atoms with E-state index in [4.69, 9.17) is 4.55 Å². The molecule has 22 heavy (non-hydrogen) atoms. The van der Waals surface area contributed by atoms with Crippen molar-refractivity contribution in [3.05, 3.63) is 35.5 Å². The van der Waals surface area contributed by atoms with Crippen LogP contribution in [0.2, 0.25) is 0 Å². The highest BCUT2D eigenvalue weighted by molar-refractivity contribution is 7.85. The van der Waals surface area contributed by atoms with E-state index in [1.165, 1.54) is 22.0 Å². The lowest BCUT2D eigenvalue weighted by atomic mass is 9.73. The molecule has 2 aliphatic rings. The number of H-pyrrole nitrogens is 1. The van der Waals surface area contributed by atoms with Crippen LogP contribution in [-0.4, -0.2) is 36.3 Å². The number of benzene rings is 1. The Balaban J connectivity index is 1.61. The van der Waals surface area contributed by atoms with Crippen LogP contribution in [0, 0.1) is 5.92 Å². The molecule has 118 valence electrons. The standard InChI is InChI=1S/C16H20N2O3S/c19-22(20,21)5-4-10-6-13-12-2-1-3-14-16(12)11(9-18-14)7-15(13)17-8-10/h1-3,9-10,13,15,17-18H,4-8H2,(H,19,20,21)/t10?,13-,15-/m1/s1. The summed E-state index contributed by atoms with van der Waals surface area (Å²) < 4.78 is 30.9. The van der Waals surface area contributed by atoms with Crippen molar-refractivity contribution in [3.8, 4) is 0 Å². The van der Waals surface area contributed by atoms with Gasteiger partial charge in [-0.2, -0.15) is 8.42 Å². The Labute approximate surface area is 129 Å². The fraction of sp³-hybridized carbons (Fsp3) is 0.500. The van der Waals surface area contributed by atoms with E-state index in [0.29, 0.717) is 24.3 Å². The van der Waals surface area contributed by atoms with Gasteiger partial charge in [0.15, 0.2) is 0 Å². The fourth-order valence-corrected chi connectivity index (χ4v) is 4.78. The Morgan fingerprint density at radius 3 is 3.00 bits per heavy atom. The molecule has 0 bridgehead atoms. The van der Waals surface area contributed by atoms with Gasteiger partial charge in [0.2, 0.25) is 0 Å². The fourth-order valence-electron chi connectivity index (χ4n) is 4.15. The van der Waals surface area contributed by atoms with Crippen LogP contribution in [0.1, 0.15) is 29.9 Å². The summed E-state index contributed by atoms with van der Waals surface area (Å²) in [6, 6.07) is 6.82. The van der Waals surface area contributed by atoms with E-state index in [2.05, 4.69) is 34.7 Å². The average Bonchev–Trinajstić information content (AvgIpc) is 2.89. The Hall–Kier alpha value is -1.37. The molecule has 1 fully saturated rings. The van der Waals surface area contributed by atoms with E-state index in [9.17, 15) is 8.42 Å². The number of aromatic nitrogens is 1. The van der Waals surface area contributed by atoms with Gasteiger partial charge in [0, 0.05) is 29.1 Å². The zero-order chi connectivity index (χ0) is 15.3. The van der Waals surface area contributed by atoms with Gasteiger partial charge in [-0.25, -0.2) is 0 Å². The zero-order valence-electron chi connectivity index (χ0n) is 12.2. The molecule has 2 aromatic rings. The summed E-state index contributed by atoms with van der Waals surface area (Å²) in [6.07, 6.45) is 4.63. The monoisotopic (exact) mass is 320 g/mol. The summed E-state index contributed by atoms with van der Waals surface area (Å²) >= 11 is 0. The summed E-state index contributed by atoms with van der Waals surface area (Å²) in [5, 5.41) is 4.94. The van der Waals surface area contributed by atoms with Gasteiger partial charge in [0.05, 0.1) is 5.75 Å². The van der Waals surface area contributed by atoms with Gasteiger partial charge in [-0.05, 0) is 48.9 Å². The quantitative estimate of drug-likeness (QED) is 0.756. The first-order chi connectivity index (χ1) is 10.5. The molecule has 3 atom stereocenters. The molecule has 6 heteroatoms. The normalized spacial score (nSPS) is 27.8. The molecule has 1 aliphatic carbocycles. The third kappa shape index (κ3) is 2.45. The smallest absolute Gasteiger partial charge is 0.264 e. The van der Waals surface area contributed by atoms with Crippen LogP contribution in [0.15, 0.2) is 24.4 Å². The lowest BCUT2D eigenvalue weighted by Gasteiger charge is -2.40. The Morgan fingerprint density at radius 2 is 2.18 bits per heavy atom. The molecule has 1 unspecified atom stereocenters. The molecule has 0 spiro atoms. The van der Waals surface area contributed by atoms with Crippen molar-refractivity contribution in [3.63, 3.8) is 0 Å². The maximum Gasteiger partial charge on any atom is 0.264 e. The summed E-state index contributed by atoms with van der Waals surface area (Å²) in [4.78, 5) is 3.35. The Kier molecular flexibility index (Phi) is 3.29. The Morgan fingerprint density at radius 1 is 1.32 bits per heavy atom. The summed E-state index contributed by atoms with van der Waals surface area (Å²) in [7, 11) is -3.87. The van der Waals surface area contributed by atoms with E-state index in [1.807, 2.05) is 0 Å². The largest absolute Gasteiger partial charge is 0.361 e. The molecule has 4 rings (SSSR count). The van der Waals surface area contributed by atoms with E-state index in [-0.39, 0.29) is 5.75 Å². The minimum atomic E-state index is -3.87. The van der Waals surface area contributed by atoms with Gasteiger partial charge in [0.25, 0.3) is 10.1 Å². The number of aromatic amines is 1. The average molecular weight is 320 g/mol. The molecule has 2 heterocycles. The van der Waals surface area contributed by atoms with Crippen LogP contribution in [-0.2, 0) is 16.5 Å². The second-order valence-electron chi connectivity index (χ2n) is 6.59. The van der Waals surface area contributed by atoms with Crippen LogP contribution >= 0.6 is 0 Å². The van der Waals surface area contributed by atoms with Crippen LogP contribution in [0.25, 0.3) is 10.9 Å². The minimum absolute atomic E-state index is 0.143. The molecule has 1 saturated heterocycles. The van der Waals surface area contributed by atoms with E-state index in [0.717, 1.165) is 19.4 Å². The number of hydrogen-bond acceptors (Lipinski definition) is 3. The van der Waals surface area contributed by atoms with Crippen molar-refractivity contribution in [2.45, 2.75) is 31.2 Å². The third-order valence-electron chi connectivity index (χ3n) is 5.18. The van der Waals surface area contributed by atoms with Crippen LogP contribution in [0.5, 0.6) is 0 Å². The van der Waals surface area contributed by atoms with Crippen LogP contribution in [0.4, 0.5) is 0 Å². The zero-order valence-corrected chi connectivity index (χ0v) is 13.1. The molecule has 0 saturated carbocycles. The lowest BCUT2D eigenvalue weighted by Crippen LogP contribution is -2.47. The van der Waals surface area contributed by atoms with Crippen molar-refractivity contribution in [2.24, 2.45) is 5.92 Å². The highest BCUT2D eigenvalue weighted by Crippen LogP contribution is 2.42. The van der Waals surface area contributed by atoms with Gasteiger partial charge in [-0.15, -0.1) is 0 Å². The van der Waals surface area contributed by atoms with Crippen molar-refractivity contribution >= 4 is 21.0 Å². The van der Waals surface area contributed by atoms with E-state index < -0.39 is 10.1 Å². The summed E-state index contributed by atoms with van der Waals surface area (Å²) in [5.74, 6) is 0.571. The third-order valence-corrected chi connectivity index (χ3v) is 5.94. The predicted molar refractivity (Wildman–Crippen MR) is 85.7 cm³/mol. The molecule has 1 aromatic carbocycles. The molecule has 1 aliphatic heterocycles. The summed E-state index contributed by atoms with van der Waals surface area (Å²) in [5.41, 5.74) is 3.93. The second kappa shape index (κ2) is 5.08. The molecule has 1 aromatic heterocycles. The first kappa shape index (κ1) is 14.2. The number of fused-ring (bicyclic) bond motifs is 2. The number of nitrogens with one attached hydrogen (secondary N) is 2. The molecular weight excluding hydrogens is 300 g/mol. The molecule has 5 nitrogen and oxygen atoms in total. The number of hydrogen-bond donors (Lipinski definition) is 3. The topological polar surface area (TPSA) is 82.2 Å². The number of piperidine rings is 1. The lowest BCUT2D eigenvalue weighted by molar-refractivity contribution is 0.263. The maximum atomic E-state index is 11.0. The predicted octanol–water partition coefficient (Wildman–Crippen LogP) is 2.06. The van der Waals surface area contributed by atoms with Gasteiger partial charge in [-0.1, -0.05) is 12.1 Å². The highest BCUT2D eigenvalue weighted by atomic mass is 32.2. The molecule has 0 radical (unpaired) electrons. The first-order valence-electron chi connectivity index (χ1n) is 7.78. The SMILES string of the molecule is O=S(=O)(O)CCC1CN[C@@H]2Cc3c[nH]c4cccc(c34)[C@H]2C1. The second-order valence-corrected chi connectivity index (χ2v) is 8.16. The highest BCUT2D eigenvalue weighted by Gasteiger charge is 2.36. The van der Waals surface area contributed by atoms with Gasteiger partial charge in [0.1, 0.15) is 0 Å². The van der Waals surface area contributed by atoms with E-state index in [1.54, 1.807) is 0 Å². The molecule has 3 N–H and O–H groups in total. The van der Waals surface area contributed by atoms with Gasteiger partial charge >= 0.3 is 0 Å². The molecule has 0 amide bonds. The van der Waals surface area contributed by atoms with Crippen molar-refractivity contribution in [1.82, 2.24) is 10.3 Å². The number of rotatable bonds is 3. The Bertz CT molecular complexity index is 812. The first-order valence-corrected chi connectivity index (χ1v) is 9.39. The van der Waals surface area contributed by atoms with Gasteiger partial charge in [-0.3, -0.25) is 4.55 Å². The van der Waals surface area contributed by atoms with Crippen LogP contribution in [0.3, 0.4) is 0 Å². The summed E-state index contributed by atoms with van der Waals surface area (Å²) in [6.45, 7) is 0.826. The van der Waals surface area contributed by atoms with Crippen molar-refractivity contribution in [2.75, 3.05) is 12.3 Å².